The van der Waals surface area contributed by atoms with E-state index in [1.807, 2.05) is 11.5 Å². The predicted molar refractivity (Wildman–Crippen MR) is 73.1 cm³/mol. The van der Waals surface area contributed by atoms with Gasteiger partial charge in [-0.25, -0.2) is 0 Å². The molecule has 2 rings (SSSR count). The van der Waals surface area contributed by atoms with Crippen molar-refractivity contribution in [2.24, 2.45) is 0 Å². The zero-order chi connectivity index (χ0) is 13.0. The van der Waals surface area contributed by atoms with Crippen LogP contribution in [0.5, 0.6) is 0 Å². The number of carbonyl (C=O) groups excluding carboxylic acids is 1. The third-order valence-electron chi connectivity index (χ3n) is 3.36. The Bertz CT molecular complexity index is 410. The second kappa shape index (κ2) is 6.25. The quantitative estimate of drug-likeness (QED) is 0.879. The molecule has 0 saturated carbocycles. The lowest BCUT2D eigenvalue weighted by Crippen LogP contribution is -2.43. The van der Waals surface area contributed by atoms with Crippen LogP contribution in [0.4, 0.5) is 0 Å². The van der Waals surface area contributed by atoms with Crippen LogP contribution >= 0.6 is 11.6 Å². The Morgan fingerprint density at radius 1 is 1.61 bits per heavy atom. The lowest BCUT2D eigenvalue weighted by molar-refractivity contribution is 0.0938. The maximum Gasteiger partial charge on any atom is 0.268 e. The van der Waals surface area contributed by atoms with Crippen LogP contribution in [0.3, 0.4) is 0 Å². The van der Waals surface area contributed by atoms with Gasteiger partial charge in [0.15, 0.2) is 0 Å². The molecular weight excluding hydrogens is 250 g/mol. The van der Waals surface area contributed by atoms with Gasteiger partial charge in [0, 0.05) is 25.3 Å². The molecule has 0 aromatic carbocycles. The normalized spacial score (nSPS) is 19.8. The number of nitrogens with one attached hydrogen (secondary N) is 2. The Morgan fingerprint density at radius 3 is 3.11 bits per heavy atom. The summed E-state index contributed by atoms with van der Waals surface area (Å²) in [7, 11) is 0. The molecule has 5 heteroatoms. The van der Waals surface area contributed by atoms with E-state index in [4.69, 9.17) is 11.6 Å². The first-order chi connectivity index (χ1) is 8.70. The second-order valence-electron chi connectivity index (χ2n) is 4.69. The number of piperidine rings is 1. The van der Waals surface area contributed by atoms with Crippen LogP contribution in [0.2, 0.25) is 5.02 Å². The number of carbonyl (C=O) groups is 1. The summed E-state index contributed by atoms with van der Waals surface area (Å²) in [6.07, 6.45) is 5.40. The van der Waals surface area contributed by atoms with Gasteiger partial charge in [-0.15, -0.1) is 0 Å². The van der Waals surface area contributed by atoms with Crippen molar-refractivity contribution in [3.63, 3.8) is 0 Å². The Kier molecular flexibility index (Phi) is 4.66. The molecule has 1 aromatic heterocycles. The second-order valence-corrected chi connectivity index (χ2v) is 5.12. The molecule has 1 aromatic rings. The van der Waals surface area contributed by atoms with Crippen LogP contribution < -0.4 is 10.6 Å². The topological polar surface area (TPSA) is 46.1 Å². The SMILES string of the molecule is CCn1cc(Cl)cc1C(=O)NCC1CCCCN1. The monoisotopic (exact) mass is 269 g/mol. The zero-order valence-corrected chi connectivity index (χ0v) is 11.5. The molecule has 4 nitrogen and oxygen atoms in total. The Hall–Kier alpha value is -1.00. The first-order valence-corrected chi connectivity index (χ1v) is 6.95. The van der Waals surface area contributed by atoms with E-state index < -0.39 is 0 Å². The van der Waals surface area contributed by atoms with Gasteiger partial charge in [0.2, 0.25) is 0 Å². The first kappa shape index (κ1) is 13.4. The summed E-state index contributed by atoms with van der Waals surface area (Å²) in [5, 5.41) is 7.00. The van der Waals surface area contributed by atoms with Crippen LogP contribution in [0.15, 0.2) is 12.3 Å². The fourth-order valence-electron chi connectivity index (χ4n) is 2.33. The van der Waals surface area contributed by atoms with E-state index >= 15 is 0 Å². The molecule has 1 aliphatic rings. The van der Waals surface area contributed by atoms with Crippen molar-refractivity contribution in [1.82, 2.24) is 15.2 Å². The molecule has 1 fully saturated rings. The van der Waals surface area contributed by atoms with Crippen LogP contribution in [0.1, 0.15) is 36.7 Å². The van der Waals surface area contributed by atoms with Crippen molar-refractivity contribution in [2.45, 2.75) is 38.8 Å². The van der Waals surface area contributed by atoms with Crippen molar-refractivity contribution in [3.05, 3.63) is 23.0 Å². The Morgan fingerprint density at radius 2 is 2.44 bits per heavy atom. The molecule has 1 unspecified atom stereocenters. The molecule has 18 heavy (non-hydrogen) atoms. The van der Waals surface area contributed by atoms with Gasteiger partial charge in [-0.05, 0) is 32.4 Å². The van der Waals surface area contributed by atoms with Crippen LogP contribution in [0.25, 0.3) is 0 Å². The number of aryl methyl sites for hydroxylation is 1. The fourth-order valence-corrected chi connectivity index (χ4v) is 2.55. The number of halogens is 1. The molecule has 100 valence electrons. The highest BCUT2D eigenvalue weighted by molar-refractivity contribution is 6.31. The molecule has 0 spiro atoms. The van der Waals surface area contributed by atoms with Gasteiger partial charge >= 0.3 is 0 Å². The molecule has 2 heterocycles. The number of aromatic nitrogens is 1. The minimum absolute atomic E-state index is 0.0453. The van der Waals surface area contributed by atoms with Gasteiger partial charge in [0.1, 0.15) is 5.69 Å². The van der Waals surface area contributed by atoms with Gasteiger partial charge in [-0.3, -0.25) is 4.79 Å². The third-order valence-corrected chi connectivity index (χ3v) is 3.56. The molecule has 0 bridgehead atoms. The predicted octanol–water partition coefficient (Wildman–Crippen LogP) is 2.03. The summed E-state index contributed by atoms with van der Waals surface area (Å²) in [5.74, 6) is -0.0453. The van der Waals surface area contributed by atoms with Gasteiger partial charge in [-0.1, -0.05) is 18.0 Å². The summed E-state index contributed by atoms with van der Waals surface area (Å²) in [5.41, 5.74) is 0.637. The van der Waals surface area contributed by atoms with E-state index in [1.54, 1.807) is 12.3 Å². The first-order valence-electron chi connectivity index (χ1n) is 6.58. The van der Waals surface area contributed by atoms with E-state index in [-0.39, 0.29) is 5.91 Å². The van der Waals surface area contributed by atoms with Crippen molar-refractivity contribution in [1.29, 1.82) is 0 Å². The van der Waals surface area contributed by atoms with E-state index in [2.05, 4.69) is 10.6 Å². The molecule has 1 atom stereocenters. The van der Waals surface area contributed by atoms with E-state index in [0.29, 0.717) is 23.3 Å². The van der Waals surface area contributed by atoms with Crippen molar-refractivity contribution in [2.75, 3.05) is 13.1 Å². The van der Waals surface area contributed by atoms with E-state index in [0.717, 1.165) is 19.5 Å². The zero-order valence-electron chi connectivity index (χ0n) is 10.7. The molecule has 0 aliphatic carbocycles. The highest BCUT2D eigenvalue weighted by Gasteiger charge is 2.16. The maximum atomic E-state index is 12.1. The van der Waals surface area contributed by atoms with Crippen LogP contribution in [-0.4, -0.2) is 29.6 Å². The maximum absolute atomic E-state index is 12.1. The molecular formula is C13H20ClN3O. The summed E-state index contributed by atoms with van der Waals surface area (Å²) in [6, 6.07) is 2.12. The number of rotatable bonds is 4. The fraction of sp³-hybridized carbons (Fsp3) is 0.615. The lowest BCUT2D eigenvalue weighted by atomic mass is 10.1. The highest BCUT2D eigenvalue weighted by atomic mass is 35.5. The number of hydrogen-bond acceptors (Lipinski definition) is 2. The van der Waals surface area contributed by atoms with Gasteiger partial charge in [0.05, 0.1) is 5.02 Å². The molecule has 2 N–H and O–H groups in total. The Labute approximate surface area is 113 Å². The van der Waals surface area contributed by atoms with E-state index in [9.17, 15) is 4.79 Å². The van der Waals surface area contributed by atoms with Gasteiger partial charge in [0.25, 0.3) is 5.91 Å². The number of hydrogen-bond donors (Lipinski definition) is 2. The van der Waals surface area contributed by atoms with Crippen LogP contribution in [-0.2, 0) is 6.54 Å². The minimum Gasteiger partial charge on any atom is -0.349 e. The summed E-state index contributed by atoms with van der Waals surface area (Å²) in [4.78, 5) is 12.1. The van der Waals surface area contributed by atoms with Crippen molar-refractivity contribution in [3.8, 4) is 0 Å². The summed E-state index contributed by atoms with van der Waals surface area (Å²) >= 11 is 5.92. The average Bonchev–Trinajstić information content (AvgIpc) is 2.78. The number of amides is 1. The van der Waals surface area contributed by atoms with Crippen molar-refractivity contribution >= 4 is 17.5 Å². The molecule has 0 radical (unpaired) electrons. The standard InChI is InChI=1S/C13H20ClN3O/c1-2-17-9-10(14)7-12(17)13(18)16-8-11-5-3-4-6-15-11/h7,9,11,15H,2-6,8H2,1H3,(H,16,18). The lowest BCUT2D eigenvalue weighted by Gasteiger charge is -2.23. The number of nitrogens with zero attached hydrogens (tertiary/aromatic N) is 1. The smallest absolute Gasteiger partial charge is 0.268 e. The summed E-state index contributed by atoms with van der Waals surface area (Å²) < 4.78 is 1.87. The molecule has 1 amide bonds. The van der Waals surface area contributed by atoms with Crippen LogP contribution in [0, 0.1) is 0 Å². The minimum atomic E-state index is -0.0453. The molecule has 1 saturated heterocycles. The highest BCUT2D eigenvalue weighted by Crippen LogP contribution is 2.14. The van der Waals surface area contributed by atoms with E-state index in [1.165, 1.54) is 12.8 Å². The molecule has 1 aliphatic heterocycles. The summed E-state index contributed by atoms with van der Waals surface area (Å²) in [6.45, 7) is 4.48. The van der Waals surface area contributed by atoms with Crippen molar-refractivity contribution < 1.29 is 4.79 Å². The average molecular weight is 270 g/mol. The van der Waals surface area contributed by atoms with Gasteiger partial charge in [-0.2, -0.15) is 0 Å². The Balaban J connectivity index is 1.90. The largest absolute Gasteiger partial charge is 0.349 e. The third kappa shape index (κ3) is 3.27. The van der Waals surface area contributed by atoms with Gasteiger partial charge < -0.3 is 15.2 Å².